The van der Waals surface area contributed by atoms with Crippen LogP contribution in [0.4, 0.5) is 10.1 Å². The number of anilines is 1. The fraction of sp³-hybridized carbons (Fsp3) is 0.600. The minimum absolute atomic E-state index is 0.338. The Morgan fingerprint density at radius 1 is 1.15 bits per heavy atom. The number of piperidine rings is 1. The average Bonchev–Trinajstić information content (AvgIpc) is 2.38. The third-order valence-corrected chi connectivity index (χ3v) is 5.03. The maximum absolute atomic E-state index is 13.3. The Morgan fingerprint density at radius 2 is 1.85 bits per heavy atom. The van der Waals surface area contributed by atoms with E-state index in [1.807, 2.05) is 0 Å². The number of nitrogens with zero attached hydrogens (tertiary/aromatic N) is 2. The molecule has 2 atom stereocenters. The Labute approximate surface area is 129 Å². The highest BCUT2D eigenvalue weighted by atomic mass is 35.5. The number of hydrogen-bond acceptors (Lipinski definition) is 2. The molecule has 2 nitrogen and oxygen atoms in total. The van der Waals surface area contributed by atoms with Crippen LogP contribution in [0.2, 0.25) is 10.0 Å². The van der Waals surface area contributed by atoms with Crippen LogP contribution in [0.15, 0.2) is 12.1 Å². The van der Waals surface area contributed by atoms with Crippen LogP contribution in [-0.2, 0) is 0 Å². The Balaban J connectivity index is 1.90. The SMILES string of the molecule is CC1CN2CCCCC2CN1c1c(Cl)cc(F)cc1Cl. The van der Waals surface area contributed by atoms with Crippen molar-refractivity contribution in [1.82, 2.24) is 4.90 Å². The first-order valence-corrected chi connectivity index (χ1v) is 7.97. The third-order valence-electron chi connectivity index (χ3n) is 4.46. The molecular weight excluding hydrogens is 298 g/mol. The molecule has 0 bridgehead atoms. The van der Waals surface area contributed by atoms with Crippen molar-refractivity contribution in [3.63, 3.8) is 0 Å². The smallest absolute Gasteiger partial charge is 0.126 e. The molecular formula is C15H19Cl2FN2. The van der Waals surface area contributed by atoms with Crippen LogP contribution in [0, 0.1) is 5.82 Å². The minimum Gasteiger partial charge on any atom is -0.364 e. The Bertz CT molecular complexity index is 486. The average molecular weight is 317 g/mol. The molecule has 0 spiro atoms. The molecule has 2 saturated heterocycles. The molecule has 110 valence electrons. The van der Waals surface area contributed by atoms with Crippen LogP contribution in [0.3, 0.4) is 0 Å². The van der Waals surface area contributed by atoms with E-state index in [0.717, 1.165) is 18.8 Å². The fourth-order valence-corrected chi connectivity index (χ4v) is 4.15. The van der Waals surface area contributed by atoms with Gasteiger partial charge in [0.25, 0.3) is 0 Å². The summed E-state index contributed by atoms with van der Waals surface area (Å²) in [7, 11) is 0. The van der Waals surface area contributed by atoms with Gasteiger partial charge in [-0.3, -0.25) is 4.90 Å². The molecule has 1 aromatic carbocycles. The first-order valence-electron chi connectivity index (χ1n) is 7.21. The van der Waals surface area contributed by atoms with Gasteiger partial charge < -0.3 is 4.90 Å². The highest BCUT2D eigenvalue weighted by Gasteiger charge is 2.34. The van der Waals surface area contributed by atoms with E-state index >= 15 is 0 Å². The molecule has 20 heavy (non-hydrogen) atoms. The molecule has 2 heterocycles. The van der Waals surface area contributed by atoms with Crippen molar-refractivity contribution >= 4 is 28.9 Å². The summed E-state index contributed by atoms with van der Waals surface area (Å²) >= 11 is 12.5. The summed E-state index contributed by atoms with van der Waals surface area (Å²) in [4.78, 5) is 4.81. The van der Waals surface area contributed by atoms with Crippen molar-refractivity contribution in [1.29, 1.82) is 0 Å². The maximum atomic E-state index is 13.3. The van der Waals surface area contributed by atoms with Gasteiger partial charge in [-0.05, 0) is 38.4 Å². The van der Waals surface area contributed by atoms with E-state index in [4.69, 9.17) is 23.2 Å². The summed E-state index contributed by atoms with van der Waals surface area (Å²) in [6, 6.07) is 3.60. The van der Waals surface area contributed by atoms with Crippen molar-refractivity contribution in [2.75, 3.05) is 24.5 Å². The van der Waals surface area contributed by atoms with Crippen LogP contribution in [0.1, 0.15) is 26.2 Å². The van der Waals surface area contributed by atoms with Crippen molar-refractivity contribution in [3.05, 3.63) is 28.0 Å². The standard InChI is InChI=1S/C15H19Cl2FN2/c1-10-8-19-5-3-2-4-12(19)9-20(10)15-13(16)6-11(18)7-14(15)17/h6-7,10,12H,2-5,8-9H2,1H3. The van der Waals surface area contributed by atoms with E-state index in [9.17, 15) is 4.39 Å². The molecule has 3 rings (SSSR count). The second-order valence-electron chi connectivity index (χ2n) is 5.86. The molecule has 2 fully saturated rings. The normalized spacial score (nSPS) is 27.5. The van der Waals surface area contributed by atoms with E-state index in [2.05, 4.69) is 16.7 Å². The topological polar surface area (TPSA) is 6.48 Å². The molecule has 0 N–H and O–H groups in total. The van der Waals surface area contributed by atoms with Gasteiger partial charge in [-0.15, -0.1) is 0 Å². The lowest BCUT2D eigenvalue weighted by Crippen LogP contribution is -2.59. The van der Waals surface area contributed by atoms with E-state index in [-0.39, 0.29) is 5.82 Å². The molecule has 0 aromatic heterocycles. The molecule has 0 radical (unpaired) electrons. The van der Waals surface area contributed by atoms with Gasteiger partial charge in [0.1, 0.15) is 5.82 Å². The van der Waals surface area contributed by atoms with Gasteiger partial charge in [0.2, 0.25) is 0 Å². The van der Waals surface area contributed by atoms with Crippen LogP contribution in [-0.4, -0.2) is 36.6 Å². The minimum atomic E-state index is -0.382. The number of halogens is 3. The summed E-state index contributed by atoms with van der Waals surface area (Å²) in [6.07, 6.45) is 3.80. The number of benzene rings is 1. The van der Waals surface area contributed by atoms with Crippen LogP contribution in [0.5, 0.6) is 0 Å². The number of rotatable bonds is 1. The van der Waals surface area contributed by atoms with E-state index in [0.29, 0.717) is 22.1 Å². The largest absolute Gasteiger partial charge is 0.364 e. The van der Waals surface area contributed by atoms with Gasteiger partial charge in [-0.2, -0.15) is 0 Å². The number of piperazine rings is 1. The predicted molar refractivity (Wildman–Crippen MR) is 82.4 cm³/mol. The van der Waals surface area contributed by atoms with Crippen LogP contribution < -0.4 is 4.90 Å². The third kappa shape index (κ3) is 2.63. The monoisotopic (exact) mass is 316 g/mol. The number of hydrogen-bond donors (Lipinski definition) is 0. The summed E-state index contributed by atoms with van der Waals surface area (Å²) in [6.45, 7) is 5.31. The van der Waals surface area contributed by atoms with E-state index in [1.54, 1.807) is 0 Å². The summed E-state index contributed by atoms with van der Waals surface area (Å²) in [5.74, 6) is -0.382. The Kier molecular flexibility index (Phi) is 4.11. The van der Waals surface area contributed by atoms with Gasteiger partial charge >= 0.3 is 0 Å². The molecule has 0 saturated carbocycles. The highest BCUT2D eigenvalue weighted by molar-refractivity contribution is 6.39. The molecule has 2 aliphatic rings. The maximum Gasteiger partial charge on any atom is 0.126 e. The zero-order valence-corrected chi connectivity index (χ0v) is 13.1. The highest BCUT2D eigenvalue weighted by Crippen LogP contribution is 2.38. The lowest BCUT2D eigenvalue weighted by molar-refractivity contribution is 0.115. The lowest BCUT2D eigenvalue weighted by Gasteiger charge is -2.48. The molecule has 0 amide bonds. The first kappa shape index (κ1) is 14.4. The molecule has 2 unspecified atom stereocenters. The van der Waals surface area contributed by atoms with Gasteiger partial charge in [0.05, 0.1) is 15.7 Å². The molecule has 1 aromatic rings. The van der Waals surface area contributed by atoms with Gasteiger partial charge in [0, 0.05) is 25.2 Å². The van der Waals surface area contributed by atoms with Crippen molar-refractivity contribution < 1.29 is 4.39 Å². The zero-order chi connectivity index (χ0) is 14.3. The summed E-state index contributed by atoms with van der Waals surface area (Å²) < 4.78 is 13.3. The molecule has 0 aliphatic carbocycles. The van der Waals surface area contributed by atoms with E-state index < -0.39 is 0 Å². The Hall–Kier alpha value is -0.510. The predicted octanol–water partition coefficient (Wildman–Crippen LogP) is 4.20. The second-order valence-corrected chi connectivity index (χ2v) is 6.68. The number of fused-ring (bicyclic) bond motifs is 1. The summed E-state index contributed by atoms with van der Waals surface area (Å²) in [5.41, 5.74) is 0.785. The quantitative estimate of drug-likeness (QED) is 0.766. The summed E-state index contributed by atoms with van der Waals surface area (Å²) in [5, 5.41) is 0.817. The van der Waals surface area contributed by atoms with Crippen molar-refractivity contribution in [2.45, 2.75) is 38.3 Å². The zero-order valence-electron chi connectivity index (χ0n) is 11.6. The first-order chi connectivity index (χ1) is 9.56. The van der Waals surface area contributed by atoms with Crippen molar-refractivity contribution in [3.8, 4) is 0 Å². The van der Waals surface area contributed by atoms with Crippen LogP contribution >= 0.6 is 23.2 Å². The van der Waals surface area contributed by atoms with Gasteiger partial charge in [-0.1, -0.05) is 29.6 Å². The van der Waals surface area contributed by atoms with Crippen molar-refractivity contribution in [2.24, 2.45) is 0 Å². The fourth-order valence-electron chi connectivity index (χ4n) is 3.47. The van der Waals surface area contributed by atoms with Gasteiger partial charge in [-0.25, -0.2) is 4.39 Å². The van der Waals surface area contributed by atoms with Crippen LogP contribution in [0.25, 0.3) is 0 Å². The molecule has 5 heteroatoms. The lowest BCUT2D eigenvalue weighted by atomic mass is 9.96. The van der Waals surface area contributed by atoms with Gasteiger partial charge in [0.15, 0.2) is 0 Å². The second kappa shape index (κ2) is 5.70. The molecule has 2 aliphatic heterocycles. The van der Waals surface area contributed by atoms with E-state index in [1.165, 1.54) is 37.9 Å². The Morgan fingerprint density at radius 3 is 2.55 bits per heavy atom.